The molecule has 0 aromatic carbocycles. The van der Waals surface area contributed by atoms with Crippen molar-refractivity contribution in [2.24, 2.45) is 5.16 Å². The molecule has 0 fully saturated rings. The fraction of sp³-hybridized carbons (Fsp3) is 0.571. The first kappa shape index (κ1) is 9.84. The lowest BCUT2D eigenvalue weighted by atomic mass is 10.2. The number of rotatable bonds is 3. The fourth-order valence-electron chi connectivity index (χ4n) is 0.973. The molecule has 0 amide bonds. The molecule has 1 aliphatic rings. The molecular formula is C7H10Cl2N2O. The summed E-state index contributed by atoms with van der Waals surface area (Å²) in [6.45, 7) is 2.34. The average molecular weight is 209 g/mol. The van der Waals surface area contributed by atoms with E-state index in [1.54, 1.807) is 0 Å². The van der Waals surface area contributed by atoms with Gasteiger partial charge in [-0.05, 0) is 41.7 Å². The van der Waals surface area contributed by atoms with E-state index in [4.69, 9.17) is 28.0 Å². The third kappa shape index (κ3) is 3.95. The highest BCUT2D eigenvalue weighted by atomic mass is 35.5. The van der Waals surface area contributed by atoms with Gasteiger partial charge in [-0.2, -0.15) is 0 Å². The molecule has 0 spiro atoms. The maximum Gasteiger partial charge on any atom is 0.235 e. The van der Waals surface area contributed by atoms with Crippen LogP contribution in [0.5, 0.6) is 0 Å². The van der Waals surface area contributed by atoms with Crippen molar-refractivity contribution in [3.63, 3.8) is 0 Å². The van der Waals surface area contributed by atoms with E-state index in [0.29, 0.717) is 6.61 Å². The van der Waals surface area contributed by atoms with Crippen molar-refractivity contribution >= 4 is 27.8 Å². The van der Waals surface area contributed by atoms with Crippen LogP contribution in [-0.4, -0.2) is 24.3 Å². The molecule has 0 unspecified atom stereocenters. The van der Waals surface area contributed by atoms with Crippen LogP contribution in [0.1, 0.15) is 6.42 Å². The minimum absolute atomic E-state index is 0.0978. The van der Waals surface area contributed by atoms with Gasteiger partial charge in [0, 0.05) is 6.54 Å². The highest BCUT2D eigenvalue weighted by molar-refractivity contribution is 6.95. The topological polar surface area (TPSA) is 33.6 Å². The summed E-state index contributed by atoms with van der Waals surface area (Å²) < 4.78 is -0.0978. The Kier molecular flexibility index (Phi) is 4.43. The van der Waals surface area contributed by atoms with Gasteiger partial charge in [0.1, 0.15) is 6.61 Å². The van der Waals surface area contributed by atoms with E-state index in [2.05, 4.69) is 16.5 Å². The van der Waals surface area contributed by atoms with E-state index >= 15 is 0 Å². The maximum absolute atomic E-state index is 5.25. The lowest BCUT2D eigenvalue weighted by molar-refractivity contribution is 0.167. The highest BCUT2D eigenvalue weighted by Gasteiger charge is 2.02. The predicted molar refractivity (Wildman–Crippen MR) is 50.7 cm³/mol. The van der Waals surface area contributed by atoms with Crippen LogP contribution >= 0.6 is 23.2 Å². The van der Waals surface area contributed by atoms with Crippen molar-refractivity contribution in [2.45, 2.75) is 6.42 Å². The van der Waals surface area contributed by atoms with Crippen LogP contribution in [0.2, 0.25) is 0 Å². The second-order valence-electron chi connectivity index (χ2n) is 2.43. The molecule has 1 aliphatic heterocycles. The van der Waals surface area contributed by atoms with Crippen molar-refractivity contribution in [1.29, 1.82) is 0 Å². The van der Waals surface area contributed by atoms with E-state index in [0.717, 1.165) is 19.5 Å². The quantitative estimate of drug-likeness (QED) is 0.435. The Bertz CT molecular complexity index is 200. The summed E-state index contributed by atoms with van der Waals surface area (Å²) >= 11 is 10.5. The minimum atomic E-state index is -0.0978. The van der Waals surface area contributed by atoms with Crippen LogP contribution in [0.4, 0.5) is 0 Å². The van der Waals surface area contributed by atoms with E-state index in [1.807, 2.05) is 0 Å². The van der Waals surface area contributed by atoms with Crippen LogP contribution in [0.15, 0.2) is 16.8 Å². The van der Waals surface area contributed by atoms with E-state index in [-0.39, 0.29) is 4.63 Å². The summed E-state index contributed by atoms with van der Waals surface area (Å²) in [4.78, 5) is 4.85. The highest BCUT2D eigenvalue weighted by Crippen LogP contribution is 2.02. The number of nitrogens with one attached hydrogen (secondary N) is 1. The molecule has 0 saturated heterocycles. The first-order chi connectivity index (χ1) is 5.79. The average Bonchev–Trinajstić information content (AvgIpc) is 2.05. The minimum Gasteiger partial charge on any atom is -0.389 e. The first-order valence-corrected chi connectivity index (χ1v) is 4.44. The maximum atomic E-state index is 5.25. The van der Waals surface area contributed by atoms with Crippen molar-refractivity contribution in [3.05, 3.63) is 11.6 Å². The lowest BCUT2D eigenvalue weighted by Gasteiger charge is -2.12. The summed E-state index contributed by atoms with van der Waals surface area (Å²) in [6.07, 6.45) is 3.17. The first-order valence-electron chi connectivity index (χ1n) is 3.68. The molecule has 0 atom stereocenters. The molecule has 0 radical (unpaired) electrons. The van der Waals surface area contributed by atoms with Crippen LogP contribution in [-0.2, 0) is 4.84 Å². The summed E-state index contributed by atoms with van der Waals surface area (Å²) in [7, 11) is 0. The zero-order valence-corrected chi connectivity index (χ0v) is 8.03. The summed E-state index contributed by atoms with van der Waals surface area (Å²) in [6, 6.07) is 0. The van der Waals surface area contributed by atoms with Crippen molar-refractivity contribution in [2.75, 3.05) is 19.7 Å². The molecule has 3 nitrogen and oxygen atoms in total. The fourth-order valence-corrected chi connectivity index (χ4v) is 1.07. The van der Waals surface area contributed by atoms with Gasteiger partial charge in [0.25, 0.3) is 0 Å². The molecule has 0 aliphatic carbocycles. The summed E-state index contributed by atoms with van der Waals surface area (Å²) in [5.74, 6) is 0. The number of hydrogen-bond donors (Lipinski definition) is 1. The Morgan fingerprint density at radius 2 is 2.50 bits per heavy atom. The Morgan fingerprint density at radius 1 is 1.67 bits per heavy atom. The van der Waals surface area contributed by atoms with Gasteiger partial charge in [-0.1, -0.05) is 11.2 Å². The van der Waals surface area contributed by atoms with Gasteiger partial charge < -0.3 is 10.2 Å². The van der Waals surface area contributed by atoms with Crippen LogP contribution in [0.25, 0.3) is 0 Å². The van der Waals surface area contributed by atoms with Gasteiger partial charge in [0.2, 0.25) is 4.63 Å². The Labute approximate surface area is 81.4 Å². The molecule has 0 aromatic rings. The second-order valence-corrected chi connectivity index (χ2v) is 3.34. The van der Waals surface area contributed by atoms with Gasteiger partial charge in [0.05, 0.1) is 0 Å². The molecule has 1 rings (SSSR count). The number of halogens is 2. The normalized spacial score (nSPS) is 16.7. The number of nitrogens with zero attached hydrogens (tertiary/aromatic N) is 1. The largest absolute Gasteiger partial charge is 0.389 e. The SMILES string of the molecule is ClC(Cl)=NOCC1=CCCNC1. The van der Waals surface area contributed by atoms with Crippen LogP contribution < -0.4 is 5.32 Å². The lowest BCUT2D eigenvalue weighted by Crippen LogP contribution is -2.23. The summed E-state index contributed by atoms with van der Waals surface area (Å²) in [5.41, 5.74) is 1.18. The zero-order valence-electron chi connectivity index (χ0n) is 6.52. The molecule has 0 saturated carbocycles. The van der Waals surface area contributed by atoms with E-state index in [1.165, 1.54) is 5.57 Å². The predicted octanol–water partition coefficient (Wildman–Crippen LogP) is 1.67. The van der Waals surface area contributed by atoms with Gasteiger partial charge in [0.15, 0.2) is 0 Å². The Morgan fingerprint density at radius 3 is 3.08 bits per heavy atom. The van der Waals surface area contributed by atoms with Gasteiger partial charge in [-0.15, -0.1) is 0 Å². The Balaban J connectivity index is 2.22. The third-order valence-corrected chi connectivity index (χ3v) is 1.63. The van der Waals surface area contributed by atoms with Crippen molar-refractivity contribution < 1.29 is 4.84 Å². The van der Waals surface area contributed by atoms with Crippen molar-refractivity contribution in [1.82, 2.24) is 5.32 Å². The molecule has 1 heterocycles. The molecular weight excluding hydrogens is 199 g/mol. The van der Waals surface area contributed by atoms with E-state index in [9.17, 15) is 0 Å². The van der Waals surface area contributed by atoms with Crippen LogP contribution in [0, 0.1) is 0 Å². The van der Waals surface area contributed by atoms with Crippen LogP contribution in [0.3, 0.4) is 0 Å². The van der Waals surface area contributed by atoms with Gasteiger partial charge in [-0.25, -0.2) is 0 Å². The summed E-state index contributed by atoms with van der Waals surface area (Å²) in [5, 5.41) is 6.61. The molecule has 0 bridgehead atoms. The Hall–Kier alpha value is -0.250. The molecule has 0 aromatic heterocycles. The third-order valence-electron chi connectivity index (χ3n) is 1.49. The van der Waals surface area contributed by atoms with E-state index < -0.39 is 0 Å². The molecule has 12 heavy (non-hydrogen) atoms. The van der Waals surface area contributed by atoms with Gasteiger partial charge >= 0.3 is 0 Å². The molecule has 68 valence electrons. The number of oxime groups is 1. The monoisotopic (exact) mass is 208 g/mol. The van der Waals surface area contributed by atoms with Gasteiger partial charge in [-0.3, -0.25) is 0 Å². The molecule has 1 N–H and O–H groups in total. The smallest absolute Gasteiger partial charge is 0.235 e. The number of hydrogen-bond acceptors (Lipinski definition) is 3. The second kappa shape index (κ2) is 5.41. The standard InChI is InChI=1S/C7H10Cl2N2O/c8-7(9)11-12-5-6-2-1-3-10-4-6/h2,10H,1,3-5H2. The van der Waals surface area contributed by atoms with Crippen molar-refractivity contribution in [3.8, 4) is 0 Å². The molecule has 5 heteroatoms. The zero-order chi connectivity index (χ0) is 8.81.